The Morgan fingerprint density at radius 1 is 0.917 bits per heavy atom. The van der Waals surface area contributed by atoms with Crippen LogP contribution in [0.5, 0.6) is 0 Å². The van der Waals surface area contributed by atoms with Gasteiger partial charge in [0.1, 0.15) is 5.82 Å². The highest BCUT2D eigenvalue weighted by Gasteiger charge is 2.11. The molecule has 7 heteroatoms. The van der Waals surface area contributed by atoms with Crippen LogP contribution in [0.3, 0.4) is 0 Å². The molecule has 3 aromatic rings. The fourth-order valence-corrected chi connectivity index (χ4v) is 2.18. The quantitative estimate of drug-likeness (QED) is 0.743. The third kappa shape index (κ3) is 3.67. The van der Waals surface area contributed by atoms with E-state index in [9.17, 15) is 9.18 Å². The number of halogens is 2. The minimum Gasteiger partial charge on any atom is -0.338 e. The van der Waals surface area contributed by atoms with E-state index < -0.39 is 11.7 Å². The lowest BCUT2D eigenvalue weighted by Gasteiger charge is -2.08. The summed E-state index contributed by atoms with van der Waals surface area (Å²) in [6, 6.07) is 16.1. The number of benzene rings is 2. The Balaban J connectivity index is 1.70. The molecule has 0 fully saturated rings. The molecule has 0 aliphatic rings. The molecule has 0 aliphatic heterocycles. The van der Waals surface area contributed by atoms with Crippen molar-refractivity contribution in [2.75, 3.05) is 10.6 Å². The van der Waals surface area contributed by atoms with Crippen molar-refractivity contribution in [3.05, 3.63) is 77.1 Å². The van der Waals surface area contributed by atoms with Crippen molar-refractivity contribution >= 4 is 34.8 Å². The Morgan fingerprint density at radius 3 is 2.29 bits per heavy atom. The molecule has 1 aromatic heterocycles. The molecule has 1 amide bonds. The summed E-state index contributed by atoms with van der Waals surface area (Å²) in [6.45, 7) is 0. The van der Waals surface area contributed by atoms with Crippen LogP contribution in [-0.2, 0) is 0 Å². The van der Waals surface area contributed by atoms with Gasteiger partial charge in [-0.25, -0.2) is 4.39 Å². The number of amides is 1. The highest BCUT2D eigenvalue weighted by atomic mass is 35.5. The van der Waals surface area contributed by atoms with Crippen LogP contribution >= 0.6 is 11.6 Å². The molecule has 1 heterocycles. The van der Waals surface area contributed by atoms with Gasteiger partial charge < -0.3 is 10.6 Å². The minimum atomic E-state index is -0.597. The number of anilines is 3. The van der Waals surface area contributed by atoms with Crippen LogP contribution < -0.4 is 10.6 Å². The van der Waals surface area contributed by atoms with E-state index in [4.69, 9.17) is 11.6 Å². The van der Waals surface area contributed by atoms with Crippen molar-refractivity contribution in [1.29, 1.82) is 0 Å². The van der Waals surface area contributed by atoms with Gasteiger partial charge >= 0.3 is 0 Å². The number of hydrogen-bond acceptors (Lipinski definition) is 4. The van der Waals surface area contributed by atoms with Crippen LogP contribution in [0.2, 0.25) is 5.02 Å². The summed E-state index contributed by atoms with van der Waals surface area (Å²) in [5.74, 6) is -0.505. The van der Waals surface area contributed by atoms with Crippen molar-refractivity contribution in [1.82, 2.24) is 10.2 Å². The van der Waals surface area contributed by atoms with Gasteiger partial charge in [0.15, 0.2) is 11.6 Å². The van der Waals surface area contributed by atoms with Crippen LogP contribution in [0.1, 0.15) is 10.4 Å². The second kappa shape index (κ2) is 7.06. The van der Waals surface area contributed by atoms with Gasteiger partial charge in [-0.2, -0.15) is 0 Å². The molecule has 0 saturated carbocycles. The fraction of sp³-hybridized carbons (Fsp3) is 0. The van der Waals surface area contributed by atoms with Crippen molar-refractivity contribution in [2.24, 2.45) is 0 Å². The molecule has 120 valence electrons. The average Bonchev–Trinajstić information content (AvgIpc) is 2.59. The molecule has 5 nitrogen and oxygen atoms in total. The summed E-state index contributed by atoms with van der Waals surface area (Å²) in [5, 5.41) is 13.9. The molecule has 0 aliphatic carbocycles. The molecule has 0 unspecified atom stereocenters. The van der Waals surface area contributed by atoms with Gasteiger partial charge in [0, 0.05) is 0 Å². The first-order chi connectivity index (χ1) is 11.6. The predicted octanol–water partition coefficient (Wildman–Crippen LogP) is 4.27. The predicted molar refractivity (Wildman–Crippen MR) is 91.1 cm³/mol. The molecule has 0 spiro atoms. The average molecular weight is 343 g/mol. The number of carbonyl (C=O) groups is 1. The monoisotopic (exact) mass is 342 g/mol. The van der Waals surface area contributed by atoms with E-state index >= 15 is 0 Å². The zero-order valence-electron chi connectivity index (χ0n) is 12.3. The van der Waals surface area contributed by atoms with Crippen LogP contribution in [-0.4, -0.2) is 16.1 Å². The molecular formula is C17H12ClFN4O. The highest BCUT2D eigenvalue weighted by Crippen LogP contribution is 2.23. The zero-order chi connectivity index (χ0) is 16.9. The lowest BCUT2D eigenvalue weighted by atomic mass is 10.2. The third-order valence-corrected chi connectivity index (χ3v) is 3.49. The standard InChI is InChI=1S/C17H12ClFN4O/c18-12-6-2-4-8-14(12)20-15-9-10-16(23-22-15)21-17(24)11-5-1-3-7-13(11)19/h1-10H,(H,20,22)(H,21,23,24). The van der Waals surface area contributed by atoms with Crippen molar-refractivity contribution in [2.45, 2.75) is 0 Å². The van der Waals surface area contributed by atoms with Gasteiger partial charge in [-0.1, -0.05) is 35.9 Å². The van der Waals surface area contributed by atoms with E-state index in [0.717, 1.165) is 0 Å². The van der Waals surface area contributed by atoms with Gasteiger partial charge in [0.25, 0.3) is 5.91 Å². The number of nitrogens with zero attached hydrogens (tertiary/aromatic N) is 2. The summed E-state index contributed by atoms with van der Waals surface area (Å²) < 4.78 is 13.6. The number of aromatic nitrogens is 2. The first-order valence-corrected chi connectivity index (χ1v) is 7.42. The summed E-state index contributed by atoms with van der Waals surface area (Å²) >= 11 is 6.05. The number of rotatable bonds is 4. The maximum Gasteiger partial charge on any atom is 0.259 e. The smallest absolute Gasteiger partial charge is 0.259 e. The molecule has 0 radical (unpaired) electrons. The second-order valence-corrected chi connectivity index (χ2v) is 5.25. The molecular weight excluding hydrogens is 331 g/mol. The van der Waals surface area contributed by atoms with Gasteiger partial charge in [0.05, 0.1) is 16.3 Å². The number of para-hydroxylation sites is 1. The van der Waals surface area contributed by atoms with E-state index in [2.05, 4.69) is 20.8 Å². The largest absolute Gasteiger partial charge is 0.338 e. The Hall–Kier alpha value is -2.99. The third-order valence-electron chi connectivity index (χ3n) is 3.16. The van der Waals surface area contributed by atoms with Crippen molar-refractivity contribution in [3.8, 4) is 0 Å². The lowest BCUT2D eigenvalue weighted by Crippen LogP contribution is -2.15. The molecule has 0 bridgehead atoms. The van der Waals surface area contributed by atoms with Crippen molar-refractivity contribution < 1.29 is 9.18 Å². The first-order valence-electron chi connectivity index (χ1n) is 7.04. The minimum absolute atomic E-state index is 0.0578. The maximum absolute atomic E-state index is 13.6. The molecule has 0 saturated heterocycles. The van der Waals surface area contributed by atoms with Crippen LogP contribution in [0.25, 0.3) is 0 Å². The van der Waals surface area contributed by atoms with Gasteiger partial charge in [0.2, 0.25) is 0 Å². The van der Waals surface area contributed by atoms with Gasteiger partial charge in [-0.15, -0.1) is 10.2 Å². The number of nitrogens with one attached hydrogen (secondary N) is 2. The van der Waals surface area contributed by atoms with E-state index in [1.165, 1.54) is 18.2 Å². The topological polar surface area (TPSA) is 66.9 Å². The Kier molecular flexibility index (Phi) is 4.67. The molecule has 3 rings (SSSR count). The van der Waals surface area contributed by atoms with Gasteiger partial charge in [-0.05, 0) is 36.4 Å². The lowest BCUT2D eigenvalue weighted by molar-refractivity contribution is 0.102. The molecule has 2 aromatic carbocycles. The summed E-state index contributed by atoms with van der Waals surface area (Å²) in [6.07, 6.45) is 0. The maximum atomic E-state index is 13.6. The fourth-order valence-electron chi connectivity index (χ4n) is 2.00. The van der Waals surface area contributed by atoms with Crippen LogP contribution in [0, 0.1) is 5.82 Å². The van der Waals surface area contributed by atoms with E-state index in [0.29, 0.717) is 16.5 Å². The highest BCUT2D eigenvalue weighted by molar-refractivity contribution is 6.33. The van der Waals surface area contributed by atoms with Crippen LogP contribution in [0.15, 0.2) is 60.7 Å². The normalized spacial score (nSPS) is 10.2. The first kappa shape index (κ1) is 15.9. The molecule has 0 atom stereocenters. The second-order valence-electron chi connectivity index (χ2n) is 4.84. The number of hydrogen-bond donors (Lipinski definition) is 2. The Bertz CT molecular complexity index is 870. The SMILES string of the molecule is O=C(Nc1ccc(Nc2ccccc2Cl)nn1)c1ccccc1F. The Morgan fingerprint density at radius 2 is 1.58 bits per heavy atom. The van der Waals surface area contributed by atoms with E-state index in [1.54, 1.807) is 30.3 Å². The van der Waals surface area contributed by atoms with Crippen molar-refractivity contribution in [3.63, 3.8) is 0 Å². The van der Waals surface area contributed by atoms with Gasteiger partial charge in [-0.3, -0.25) is 4.79 Å². The Labute approximate surface area is 142 Å². The van der Waals surface area contributed by atoms with Crippen LogP contribution in [0.4, 0.5) is 21.7 Å². The van der Waals surface area contributed by atoms with E-state index in [1.807, 2.05) is 12.1 Å². The molecule has 2 N–H and O–H groups in total. The van der Waals surface area contributed by atoms with E-state index in [-0.39, 0.29) is 11.4 Å². The number of carbonyl (C=O) groups excluding carboxylic acids is 1. The summed E-state index contributed by atoms with van der Waals surface area (Å²) in [4.78, 5) is 12.0. The zero-order valence-corrected chi connectivity index (χ0v) is 13.1. The summed E-state index contributed by atoms with van der Waals surface area (Å²) in [7, 11) is 0. The molecule has 24 heavy (non-hydrogen) atoms. The summed E-state index contributed by atoms with van der Waals surface area (Å²) in [5.41, 5.74) is 0.633.